The van der Waals surface area contributed by atoms with Gasteiger partial charge in [0.25, 0.3) is 0 Å². The van der Waals surface area contributed by atoms with Crippen LogP contribution in [0.15, 0.2) is 54.6 Å². The summed E-state index contributed by atoms with van der Waals surface area (Å²) in [6.07, 6.45) is 1.99. The van der Waals surface area contributed by atoms with Gasteiger partial charge in [-0.25, -0.2) is 4.79 Å². The predicted octanol–water partition coefficient (Wildman–Crippen LogP) is 3.89. The molecule has 0 unspecified atom stereocenters. The molecule has 1 aliphatic heterocycles. The van der Waals surface area contributed by atoms with Gasteiger partial charge < -0.3 is 15.1 Å². The standard InChI is InChI=1S/C23H21F2NO4S/c24-23(25,16-6-2-1-3-7-16)20(27)14-11-17-8-4-10-21(28)26(17)15-5-9-18-12-13-19(31-18)22(29)30/h1-3,6-7,11-14,17,20,27H,4,8,10,15H2,(H,29,30)/b14-11+/t17-,20-/m1/s1. The number of thiophene rings is 1. The average molecular weight is 445 g/mol. The number of alkyl halides is 2. The van der Waals surface area contributed by atoms with Gasteiger partial charge in [-0.05, 0) is 25.0 Å². The Balaban J connectivity index is 1.69. The molecule has 0 saturated carbocycles. The van der Waals surface area contributed by atoms with Crippen molar-refractivity contribution in [1.82, 2.24) is 4.90 Å². The molecule has 162 valence electrons. The quantitative estimate of drug-likeness (QED) is 0.523. The van der Waals surface area contributed by atoms with E-state index < -0.39 is 24.0 Å². The van der Waals surface area contributed by atoms with Crippen LogP contribution in [0.5, 0.6) is 0 Å². The van der Waals surface area contributed by atoms with Crippen molar-refractivity contribution in [1.29, 1.82) is 0 Å². The van der Waals surface area contributed by atoms with Gasteiger partial charge in [-0.15, -0.1) is 11.3 Å². The number of rotatable bonds is 6. The zero-order valence-electron chi connectivity index (χ0n) is 16.5. The van der Waals surface area contributed by atoms with Gasteiger partial charge in [0.05, 0.1) is 17.5 Å². The van der Waals surface area contributed by atoms with Crippen molar-refractivity contribution in [3.05, 3.63) is 69.9 Å². The number of likely N-dealkylation sites (tertiary alicyclic amines) is 1. The molecule has 0 bridgehead atoms. The molecule has 1 aliphatic rings. The number of hydrogen-bond acceptors (Lipinski definition) is 4. The molecule has 0 radical (unpaired) electrons. The van der Waals surface area contributed by atoms with E-state index in [4.69, 9.17) is 5.11 Å². The number of aliphatic hydroxyl groups excluding tert-OH is 1. The Morgan fingerprint density at radius 3 is 2.71 bits per heavy atom. The van der Waals surface area contributed by atoms with Gasteiger partial charge in [-0.3, -0.25) is 4.79 Å². The molecule has 0 spiro atoms. The first kappa shape index (κ1) is 22.7. The van der Waals surface area contributed by atoms with Crippen LogP contribution in [0.25, 0.3) is 0 Å². The Morgan fingerprint density at radius 1 is 1.29 bits per heavy atom. The molecular formula is C23H21F2NO4S. The zero-order chi connectivity index (χ0) is 22.4. The number of halogens is 2. The highest BCUT2D eigenvalue weighted by atomic mass is 32.1. The first-order chi connectivity index (χ1) is 14.8. The summed E-state index contributed by atoms with van der Waals surface area (Å²) in [5.74, 6) is 1.07. The summed E-state index contributed by atoms with van der Waals surface area (Å²) in [5, 5.41) is 19.0. The van der Waals surface area contributed by atoms with Crippen molar-refractivity contribution in [2.75, 3.05) is 6.54 Å². The fourth-order valence-corrected chi connectivity index (χ4v) is 3.99. The number of carboxylic acid groups (broad SMARTS) is 1. The second-order valence-corrected chi connectivity index (χ2v) is 8.15. The van der Waals surface area contributed by atoms with Gasteiger partial charge in [0.15, 0.2) is 0 Å². The van der Waals surface area contributed by atoms with Crippen molar-refractivity contribution in [2.24, 2.45) is 0 Å². The third-order valence-electron chi connectivity index (χ3n) is 4.93. The molecule has 2 atom stereocenters. The van der Waals surface area contributed by atoms with Gasteiger partial charge >= 0.3 is 11.9 Å². The first-order valence-corrected chi connectivity index (χ1v) is 10.5. The number of carbonyl (C=O) groups is 2. The summed E-state index contributed by atoms with van der Waals surface area (Å²) >= 11 is 1.04. The van der Waals surface area contributed by atoms with Crippen LogP contribution >= 0.6 is 11.3 Å². The van der Waals surface area contributed by atoms with E-state index in [1.165, 1.54) is 41.3 Å². The molecule has 0 aliphatic carbocycles. The van der Waals surface area contributed by atoms with E-state index in [2.05, 4.69) is 11.8 Å². The molecule has 1 aromatic carbocycles. The highest BCUT2D eigenvalue weighted by Crippen LogP contribution is 2.32. The fraction of sp³-hybridized carbons (Fsp3) is 0.304. The number of piperidine rings is 1. The molecule has 8 heteroatoms. The maximum atomic E-state index is 14.5. The number of carbonyl (C=O) groups excluding carboxylic acids is 1. The first-order valence-electron chi connectivity index (χ1n) is 9.70. The maximum absolute atomic E-state index is 14.5. The highest BCUT2D eigenvalue weighted by molar-refractivity contribution is 7.14. The smallest absolute Gasteiger partial charge is 0.345 e. The van der Waals surface area contributed by atoms with Crippen LogP contribution in [0.1, 0.15) is 39.4 Å². The summed E-state index contributed by atoms with van der Waals surface area (Å²) in [6, 6.07) is 9.69. The number of nitrogens with zero attached hydrogens (tertiary/aromatic N) is 1. The van der Waals surface area contributed by atoms with Crippen molar-refractivity contribution >= 4 is 23.2 Å². The molecule has 1 aromatic heterocycles. The van der Waals surface area contributed by atoms with Crippen LogP contribution < -0.4 is 0 Å². The lowest BCUT2D eigenvalue weighted by Crippen LogP contribution is -2.43. The van der Waals surface area contributed by atoms with Crippen LogP contribution in [0.3, 0.4) is 0 Å². The highest BCUT2D eigenvalue weighted by Gasteiger charge is 2.39. The van der Waals surface area contributed by atoms with Crippen LogP contribution in [0.4, 0.5) is 8.78 Å². The Morgan fingerprint density at radius 2 is 2.03 bits per heavy atom. The largest absolute Gasteiger partial charge is 0.477 e. The summed E-state index contributed by atoms with van der Waals surface area (Å²) in [5.41, 5.74) is -0.286. The third-order valence-corrected chi connectivity index (χ3v) is 5.92. The van der Waals surface area contributed by atoms with Crippen molar-refractivity contribution in [2.45, 2.75) is 37.3 Å². The van der Waals surface area contributed by atoms with E-state index in [-0.39, 0.29) is 22.9 Å². The molecule has 3 rings (SSSR count). The van der Waals surface area contributed by atoms with Crippen molar-refractivity contribution in [3.8, 4) is 11.8 Å². The van der Waals surface area contributed by atoms with Gasteiger partial charge in [0.2, 0.25) is 5.91 Å². The zero-order valence-corrected chi connectivity index (χ0v) is 17.3. The molecule has 5 nitrogen and oxygen atoms in total. The molecule has 1 amide bonds. The van der Waals surface area contributed by atoms with Crippen molar-refractivity contribution < 1.29 is 28.6 Å². The topological polar surface area (TPSA) is 77.8 Å². The van der Waals surface area contributed by atoms with Crippen LogP contribution in [-0.2, 0) is 10.7 Å². The van der Waals surface area contributed by atoms with Gasteiger partial charge in [-0.1, -0.05) is 54.3 Å². The predicted molar refractivity (Wildman–Crippen MR) is 113 cm³/mol. The number of hydrogen-bond donors (Lipinski definition) is 2. The SMILES string of the molecule is O=C(O)c1ccc(C#CCN2C(=O)CCC[C@@H]2/C=C/[C@@H](O)C(F)(F)c2ccccc2)s1. The minimum atomic E-state index is -3.46. The second-order valence-electron chi connectivity index (χ2n) is 7.07. The lowest BCUT2D eigenvalue weighted by atomic mass is 9.98. The number of carboxylic acids is 1. The molecule has 2 N–H and O–H groups in total. The summed E-state index contributed by atoms with van der Waals surface area (Å²) in [4.78, 5) is 25.5. The van der Waals surface area contributed by atoms with E-state index in [9.17, 15) is 23.5 Å². The van der Waals surface area contributed by atoms with Gasteiger partial charge in [0.1, 0.15) is 11.0 Å². The Hall–Kier alpha value is -3.02. The third kappa shape index (κ3) is 5.57. The van der Waals surface area contributed by atoms with Crippen LogP contribution in [-0.4, -0.2) is 45.7 Å². The number of aromatic carboxylic acids is 1. The van der Waals surface area contributed by atoms with Gasteiger partial charge in [0, 0.05) is 12.0 Å². The fourth-order valence-electron chi connectivity index (χ4n) is 3.27. The Labute approximate surface area is 182 Å². The van der Waals surface area contributed by atoms with E-state index >= 15 is 0 Å². The monoisotopic (exact) mass is 445 g/mol. The number of amides is 1. The Kier molecular flexibility index (Phi) is 7.21. The van der Waals surface area contributed by atoms with E-state index in [0.717, 1.165) is 17.4 Å². The van der Waals surface area contributed by atoms with E-state index in [0.29, 0.717) is 24.1 Å². The molecule has 31 heavy (non-hydrogen) atoms. The van der Waals surface area contributed by atoms with E-state index in [1.807, 2.05) is 0 Å². The molecular weight excluding hydrogens is 424 g/mol. The van der Waals surface area contributed by atoms with Crippen LogP contribution in [0.2, 0.25) is 0 Å². The Bertz CT molecular complexity index is 1020. The maximum Gasteiger partial charge on any atom is 0.345 e. The normalized spacial score (nSPS) is 18.0. The summed E-state index contributed by atoms with van der Waals surface area (Å²) < 4.78 is 29.0. The summed E-state index contributed by atoms with van der Waals surface area (Å²) in [7, 11) is 0. The summed E-state index contributed by atoms with van der Waals surface area (Å²) in [6.45, 7) is 0.0827. The minimum Gasteiger partial charge on any atom is -0.477 e. The number of benzene rings is 1. The molecule has 1 fully saturated rings. The molecule has 2 heterocycles. The number of aliphatic hydroxyl groups is 1. The lowest BCUT2D eigenvalue weighted by molar-refractivity contribution is -0.134. The van der Waals surface area contributed by atoms with E-state index in [1.54, 1.807) is 12.1 Å². The molecule has 1 saturated heterocycles. The second kappa shape index (κ2) is 9.86. The average Bonchev–Trinajstić information content (AvgIpc) is 3.23. The van der Waals surface area contributed by atoms with Crippen LogP contribution in [0, 0.1) is 11.8 Å². The van der Waals surface area contributed by atoms with Gasteiger partial charge in [-0.2, -0.15) is 8.78 Å². The van der Waals surface area contributed by atoms with Crippen molar-refractivity contribution in [3.63, 3.8) is 0 Å². The molecule has 2 aromatic rings. The minimum absolute atomic E-state index is 0.0827. The lowest BCUT2D eigenvalue weighted by Gasteiger charge is -2.32.